The lowest BCUT2D eigenvalue weighted by Gasteiger charge is -2.15. The van der Waals surface area contributed by atoms with Gasteiger partial charge in [0.1, 0.15) is 11.6 Å². The molecule has 3 rings (SSSR count). The highest BCUT2D eigenvalue weighted by Crippen LogP contribution is 2.31. The number of ether oxygens (including phenoxy) is 3. The quantitative estimate of drug-likeness (QED) is 0.611. The Morgan fingerprint density at radius 1 is 1.03 bits per heavy atom. The van der Waals surface area contributed by atoms with Crippen molar-refractivity contribution in [2.45, 2.75) is 27.3 Å². The molecule has 7 nitrogen and oxygen atoms in total. The van der Waals surface area contributed by atoms with E-state index < -0.39 is 0 Å². The van der Waals surface area contributed by atoms with Crippen LogP contribution in [0.2, 0.25) is 0 Å². The molecular weight excluding hydrogens is 382 g/mol. The number of para-hydroxylation sites is 1. The molecule has 0 aliphatic heterocycles. The van der Waals surface area contributed by atoms with E-state index in [9.17, 15) is 4.79 Å². The van der Waals surface area contributed by atoms with Crippen molar-refractivity contribution in [3.63, 3.8) is 0 Å². The molecule has 158 valence electrons. The summed E-state index contributed by atoms with van der Waals surface area (Å²) in [4.78, 5) is 12.5. The molecule has 1 heterocycles. The van der Waals surface area contributed by atoms with Gasteiger partial charge in [0.25, 0.3) is 5.91 Å². The van der Waals surface area contributed by atoms with Gasteiger partial charge in [0, 0.05) is 11.6 Å². The van der Waals surface area contributed by atoms with Crippen LogP contribution in [0.5, 0.6) is 17.2 Å². The number of nitrogens with zero attached hydrogens (tertiary/aromatic N) is 2. The molecule has 0 saturated carbocycles. The van der Waals surface area contributed by atoms with E-state index in [0.717, 1.165) is 22.4 Å². The molecule has 0 aliphatic carbocycles. The van der Waals surface area contributed by atoms with Crippen LogP contribution >= 0.6 is 0 Å². The zero-order valence-electron chi connectivity index (χ0n) is 18.0. The Morgan fingerprint density at radius 2 is 1.77 bits per heavy atom. The van der Waals surface area contributed by atoms with E-state index in [1.54, 1.807) is 31.2 Å². The van der Waals surface area contributed by atoms with Crippen molar-refractivity contribution >= 4 is 11.7 Å². The minimum atomic E-state index is -0.256. The fraction of sp³-hybridized carbons (Fsp3) is 0.304. The van der Waals surface area contributed by atoms with Gasteiger partial charge in [-0.15, -0.1) is 0 Å². The zero-order valence-corrected chi connectivity index (χ0v) is 18.0. The predicted molar refractivity (Wildman–Crippen MR) is 116 cm³/mol. The van der Waals surface area contributed by atoms with Crippen molar-refractivity contribution in [2.24, 2.45) is 0 Å². The van der Waals surface area contributed by atoms with Crippen LogP contribution in [0, 0.1) is 20.8 Å². The van der Waals surface area contributed by atoms with Crippen LogP contribution < -0.4 is 19.5 Å². The summed E-state index contributed by atoms with van der Waals surface area (Å²) in [6, 6.07) is 11.5. The number of aromatic nitrogens is 2. The molecule has 1 amide bonds. The van der Waals surface area contributed by atoms with Gasteiger partial charge in [0.2, 0.25) is 0 Å². The van der Waals surface area contributed by atoms with Crippen molar-refractivity contribution in [1.82, 2.24) is 9.78 Å². The standard InChI is InChI=1S/C23H27N3O4/c1-15-11-16(2)22(17(3)12-15)30-14-21(27)25-20-9-10-24-26(20)13-18-7-6-8-19(28-4)23(18)29-5/h6-12H,13-14H2,1-5H3,(H,25,27). The number of hydrogen-bond donors (Lipinski definition) is 1. The molecule has 0 radical (unpaired) electrons. The second-order valence-electron chi connectivity index (χ2n) is 7.09. The van der Waals surface area contributed by atoms with Gasteiger partial charge in [-0.05, 0) is 38.0 Å². The lowest BCUT2D eigenvalue weighted by Crippen LogP contribution is -2.22. The number of methoxy groups -OCH3 is 2. The SMILES string of the molecule is COc1cccc(Cn2nccc2NC(=O)COc2c(C)cc(C)cc2C)c1OC. The molecule has 0 spiro atoms. The van der Waals surface area contributed by atoms with Crippen molar-refractivity contribution in [3.05, 3.63) is 64.8 Å². The molecule has 1 N–H and O–H groups in total. The highest BCUT2D eigenvalue weighted by Gasteiger charge is 2.14. The summed E-state index contributed by atoms with van der Waals surface area (Å²) in [5.74, 6) is 2.34. The number of carbonyl (C=O) groups is 1. The van der Waals surface area contributed by atoms with Gasteiger partial charge in [-0.25, -0.2) is 4.68 Å². The van der Waals surface area contributed by atoms with Crippen molar-refractivity contribution < 1.29 is 19.0 Å². The molecule has 0 saturated heterocycles. The smallest absolute Gasteiger partial charge is 0.263 e. The lowest BCUT2D eigenvalue weighted by molar-refractivity contribution is -0.118. The van der Waals surface area contributed by atoms with Crippen molar-refractivity contribution in [3.8, 4) is 17.2 Å². The molecular formula is C23H27N3O4. The summed E-state index contributed by atoms with van der Waals surface area (Å²) >= 11 is 0. The number of benzene rings is 2. The van der Waals surface area contributed by atoms with Crippen LogP contribution in [0.4, 0.5) is 5.82 Å². The molecule has 2 aromatic carbocycles. The Bertz CT molecular complexity index is 1020. The molecule has 0 fully saturated rings. The maximum absolute atomic E-state index is 12.5. The summed E-state index contributed by atoms with van der Waals surface area (Å²) in [6.07, 6.45) is 1.64. The minimum Gasteiger partial charge on any atom is -0.493 e. The van der Waals surface area contributed by atoms with E-state index in [1.807, 2.05) is 51.1 Å². The first-order chi connectivity index (χ1) is 14.4. The van der Waals surface area contributed by atoms with Gasteiger partial charge in [0.05, 0.1) is 27.0 Å². The Morgan fingerprint density at radius 3 is 2.43 bits per heavy atom. The van der Waals surface area contributed by atoms with E-state index in [4.69, 9.17) is 14.2 Å². The Hall–Kier alpha value is -3.48. The molecule has 0 atom stereocenters. The van der Waals surface area contributed by atoms with Gasteiger partial charge in [-0.2, -0.15) is 5.10 Å². The molecule has 3 aromatic rings. The van der Waals surface area contributed by atoms with Gasteiger partial charge in [0.15, 0.2) is 18.1 Å². The zero-order chi connectivity index (χ0) is 21.7. The highest BCUT2D eigenvalue weighted by molar-refractivity contribution is 5.91. The summed E-state index contributed by atoms with van der Waals surface area (Å²) in [5, 5.41) is 7.18. The molecule has 30 heavy (non-hydrogen) atoms. The van der Waals surface area contributed by atoms with Gasteiger partial charge in [-0.3, -0.25) is 4.79 Å². The van der Waals surface area contributed by atoms with E-state index in [1.165, 1.54) is 5.56 Å². The average molecular weight is 409 g/mol. The normalized spacial score (nSPS) is 10.6. The van der Waals surface area contributed by atoms with E-state index in [-0.39, 0.29) is 12.5 Å². The second kappa shape index (κ2) is 9.35. The van der Waals surface area contributed by atoms with Crippen LogP contribution in [0.15, 0.2) is 42.6 Å². The summed E-state index contributed by atoms with van der Waals surface area (Å²) in [5.41, 5.74) is 4.07. The fourth-order valence-electron chi connectivity index (χ4n) is 3.52. The summed E-state index contributed by atoms with van der Waals surface area (Å²) < 4.78 is 18.3. The largest absolute Gasteiger partial charge is 0.493 e. The van der Waals surface area contributed by atoms with Crippen LogP contribution in [0.25, 0.3) is 0 Å². The van der Waals surface area contributed by atoms with Crippen LogP contribution in [-0.4, -0.2) is 36.5 Å². The summed E-state index contributed by atoms with van der Waals surface area (Å²) in [6.45, 7) is 6.32. The van der Waals surface area contributed by atoms with Gasteiger partial charge < -0.3 is 19.5 Å². The third kappa shape index (κ3) is 4.74. The van der Waals surface area contributed by atoms with E-state index in [2.05, 4.69) is 10.4 Å². The minimum absolute atomic E-state index is 0.0849. The van der Waals surface area contributed by atoms with Gasteiger partial charge in [-0.1, -0.05) is 29.8 Å². The Kier molecular flexibility index (Phi) is 6.61. The highest BCUT2D eigenvalue weighted by atomic mass is 16.5. The molecule has 0 unspecified atom stereocenters. The van der Waals surface area contributed by atoms with Gasteiger partial charge >= 0.3 is 0 Å². The number of anilines is 1. The Labute approximate surface area is 176 Å². The second-order valence-corrected chi connectivity index (χ2v) is 7.09. The first-order valence-corrected chi connectivity index (χ1v) is 9.65. The van der Waals surface area contributed by atoms with Crippen molar-refractivity contribution in [2.75, 3.05) is 26.1 Å². The molecule has 7 heteroatoms. The monoisotopic (exact) mass is 409 g/mol. The first kappa shape index (κ1) is 21.2. The third-order valence-corrected chi connectivity index (χ3v) is 4.74. The number of hydrogen-bond acceptors (Lipinski definition) is 5. The maximum Gasteiger partial charge on any atom is 0.263 e. The average Bonchev–Trinajstić information content (AvgIpc) is 3.13. The topological polar surface area (TPSA) is 74.6 Å². The number of aryl methyl sites for hydroxylation is 3. The molecule has 0 aliphatic rings. The number of amides is 1. The third-order valence-electron chi connectivity index (χ3n) is 4.74. The predicted octanol–water partition coefficient (Wildman–Crippen LogP) is 3.89. The molecule has 0 bridgehead atoms. The summed E-state index contributed by atoms with van der Waals surface area (Å²) in [7, 11) is 3.19. The molecule has 1 aromatic heterocycles. The van der Waals surface area contributed by atoms with Crippen molar-refractivity contribution in [1.29, 1.82) is 0 Å². The number of rotatable bonds is 8. The number of nitrogens with one attached hydrogen (secondary N) is 1. The first-order valence-electron chi connectivity index (χ1n) is 9.65. The van der Waals surface area contributed by atoms with Crippen LogP contribution in [0.1, 0.15) is 22.3 Å². The number of carbonyl (C=O) groups excluding carboxylic acids is 1. The maximum atomic E-state index is 12.5. The van der Waals surface area contributed by atoms with E-state index in [0.29, 0.717) is 23.9 Å². The van der Waals surface area contributed by atoms with Crippen LogP contribution in [0.3, 0.4) is 0 Å². The van der Waals surface area contributed by atoms with Crippen LogP contribution in [-0.2, 0) is 11.3 Å². The Balaban J connectivity index is 1.69. The lowest BCUT2D eigenvalue weighted by atomic mass is 10.1. The fourth-order valence-corrected chi connectivity index (χ4v) is 3.52. The van der Waals surface area contributed by atoms with E-state index >= 15 is 0 Å².